The molecule has 0 radical (unpaired) electrons. The van der Waals surface area contributed by atoms with Crippen LogP contribution in [-0.2, 0) is 50.6 Å². The highest BCUT2D eigenvalue weighted by atomic mass is 16.6. The first-order chi connectivity index (χ1) is 31.1. The van der Waals surface area contributed by atoms with Gasteiger partial charge in [0.2, 0.25) is 12.0 Å². The first kappa shape index (κ1) is 47.3. The van der Waals surface area contributed by atoms with Crippen molar-refractivity contribution in [2.24, 2.45) is 11.3 Å². The van der Waals surface area contributed by atoms with E-state index in [1.165, 1.54) is 33.2 Å². The second kappa shape index (κ2) is 17.1. The number of aromatic nitrogens is 1. The Morgan fingerprint density at radius 3 is 2.45 bits per heavy atom. The first-order valence-corrected chi connectivity index (χ1v) is 23.2. The third-order valence-corrected chi connectivity index (χ3v) is 15.9. The highest BCUT2D eigenvalue weighted by Gasteiger charge is 2.81. The summed E-state index contributed by atoms with van der Waals surface area (Å²) in [5.41, 5.74) is -2.59. The zero-order chi connectivity index (χ0) is 46.3. The minimum Gasteiger partial charge on any atom is -0.496 e. The standard InChI is InChI=1S/C51H62N4O10.CH4/c1-8-10-11-12-14-32-15-16-38-35(23-32)34-17-21-53-28-33(26-47(4,60)29-53)27-50(41(34)52-38,45(58)63-6)37-24-36-39(25-40(37)62-5)55(30-56)43-49(36)19-22-54-20-13-18-48(9-2,42(49)54)44(65-31(3)57)51(43,61)46(59)64-7;/h13,15-16,18,23-25,30,33,42-44,52,60-61H,8-11,17,19-22,26-29H2,1-7H3;1H4/t33-,42+,43-,44-,47+,48-,49-,50+,51+;/m1./s1. The van der Waals surface area contributed by atoms with Gasteiger partial charge in [-0.05, 0) is 93.3 Å². The predicted octanol–water partition coefficient (Wildman–Crippen LogP) is 5.31. The summed E-state index contributed by atoms with van der Waals surface area (Å²) in [7, 11) is 4.09. The van der Waals surface area contributed by atoms with Crippen LogP contribution in [0.15, 0.2) is 42.5 Å². The van der Waals surface area contributed by atoms with Crippen LogP contribution in [-0.4, -0.2) is 133 Å². The molecule has 14 heteroatoms. The quantitative estimate of drug-likeness (QED) is 0.0633. The molecule has 1 unspecified atom stereocenters. The summed E-state index contributed by atoms with van der Waals surface area (Å²) in [5, 5.41) is 26.1. The molecule has 2 saturated heterocycles. The van der Waals surface area contributed by atoms with Gasteiger partial charge in [0.05, 0.1) is 38.7 Å². The van der Waals surface area contributed by atoms with Crippen molar-refractivity contribution in [3.63, 3.8) is 0 Å². The normalized spacial score (nSPS) is 33.8. The van der Waals surface area contributed by atoms with Crippen LogP contribution in [0.1, 0.15) is 108 Å². The van der Waals surface area contributed by atoms with E-state index in [2.05, 4.69) is 39.6 Å². The number of amides is 1. The number of hydrogen-bond donors (Lipinski definition) is 3. The fraction of sp³-hybridized carbons (Fsp3) is 0.577. The van der Waals surface area contributed by atoms with E-state index >= 15 is 4.79 Å². The Balaban J connectivity index is 0.00000592. The number of methoxy groups -OCH3 is 3. The number of carbonyl (C=O) groups excluding carboxylic acids is 4. The lowest BCUT2D eigenvalue weighted by atomic mass is 9.47. The number of esters is 3. The van der Waals surface area contributed by atoms with Crippen LogP contribution in [0, 0.1) is 23.2 Å². The molecule has 1 spiro atoms. The van der Waals surface area contributed by atoms with Gasteiger partial charge in [-0.2, -0.15) is 0 Å². The van der Waals surface area contributed by atoms with E-state index in [1.54, 1.807) is 6.07 Å². The Morgan fingerprint density at radius 2 is 1.77 bits per heavy atom. The molecule has 6 heterocycles. The molecule has 3 aromatic rings. The average Bonchev–Trinajstić information content (AvgIpc) is 3.96. The van der Waals surface area contributed by atoms with Gasteiger partial charge >= 0.3 is 17.9 Å². The Bertz CT molecular complexity index is 2540. The average molecular weight is 907 g/mol. The number of nitrogens with zero attached hydrogens (tertiary/aromatic N) is 3. The van der Waals surface area contributed by atoms with Crippen molar-refractivity contribution in [3.8, 4) is 17.6 Å². The first-order valence-electron chi connectivity index (χ1n) is 23.2. The van der Waals surface area contributed by atoms with Gasteiger partial charge < -0.3 is 39.0 Å². The molecular weight excluding hydrogens is 841 g/mol. The number of H-pyrrole nitrogens is 1. The smallest absolute Gasteiger partial charge is 0.344 e. The van der Waals surface area contributed by atoms with Crippen LogP contribution >= 0.6 is 0 Å². The fourth-order valence-corrected chi connectivity index (χ4v) is 13.8. The number of benzene rings is 2. The Labute approximate surface area is 387 Å². The minimum atomic E-state index is -2.55. The third-order valence-electron chi connectivity index (χ3n) is 15.9. The van der Waals surface area contributed by atoms with Crippen molar-refractivity contribution in [2.45, 2.75) is 127 Å². The second-order valence-corrected chi connectivity index (χ2v) is 19.6. The molecule has 66 heavy (non-hydrogen) atoms. The van der Waals surface area contributed by atoms with Gasteiger partial charge in [0.15, 0.2) is 6.10 Å². The van der Waals surface area contributed by atoms with Crippen LogP contribution in [0.3, 0.4) is 0 Å². The number of anilines is 1. The minimum absolute atomic E-state index is 0. The molecule has 6 aliphatic rings. The number of aromatic amines is 1. The van der Waals surface area contributed by atoms with Crippen molar-refractivity contribution in [1.82, 2.24) is 14.8 Å². The summed E-state index contributed by atoms with van der Waals surface area (Å²) < 4.78 is 23.8. The van der Waals surface area contributed by atoms with Crippen LogP contribution in [0.4, 0.5) is 5.69 Å². The van der Waals surface area contributed by atoms with E-state index in [4.69, 9.17) is 18.9 Å². The fourth-order valence-electron chi connectivity index (χ4n) is 13.8. The molecule has 1 saturated carbocycles. The van der Waals surface area contributed by atoms with Crippen molar-refractivity contribution in [3.05, 3.63) is 70.4 Å². The maximum atomic E-state index is 15.5. The molecule has 10 atom stereocenters. The zero-order valence-electron chi connectivity index (χ0n) is 38.6. The highest BCUT2D eigenvalue weighted by Crippen LogP contribution is 2.68. The summed E-state index contributed by atoms with van der Waals surface area (Å²) in [4.78, 5) is 66.6. The maximum absolute atomic E-state index is 15.5. The highest BCUT2D eigenvalue weighted by molar-refractivity contribution is 5.97. The molecule has 1 amide bonds. The lowest BCUT2D eigenvalue weighted by Crippen LogP contribution is -2.81. The monoisotopic (exact) mass is 906 g/mol. The molecule has 2 bridgehead atoms. The molecule has 2 aromatic carbocycles. The number of carbonyl (C=O) groups is 4. The lowest BCUT2D eigenvalue weighted by Gasteiger charge is -2.63. The summed E-state index contributed by atoms with van der Waals surface area (Å²) in [5.74, 6) is 4.54. The van der Waals surface area contributed by atoms with Crippen LogP contribution in [0.5, 0.6) is 5.75 Å². The topological polar surface area (TPSA) is 171 Å². The van der Waals surface area contributed by atoms with Crippen molar-refractivity contribution >= 4 is 40.9 Å². The summed E-state index contributed by atoms with van der Waals surface area (Å²) in [6, 6.07) is 8.03. The maximum Gasteiger partial charge on any atom is 0.344 e. The lowest BCUT2D eigenvalue weighted by molar-refractivity contribution is -0.228. The molecule has 14 nitrogen and oxygen atoms in total. The molecule has 1 aromatic heterocycles. The number of nitrogens with one attached hydrogen (secondary N) is 1. The van der Waals surface area contributed by atoms with E-state index in [9.17, 15) is 24.6 Å². The van der Waals surface area contributed by atoms with Gasteiger partial charge in [-0.3, -0.25) is 24.2 Å². The van der Waals surface area contributed by atoms with Crippen molar-refractivity contribution in [1.29, 1.82) is 0 Å². The Hall–Kier alpha value is -5.20. The summed E-state index contributed by atoms with van der Waals surface area (Å²) in [6.45, 7) is 10.0. The number of ether oxygens (including phenoxy) is 4. The van der Waals surface area contributed by atoms with Crippen molar-refractivity contribution in [2.75, 3.05) is 59.0 Å². The number of hydrogen-bond acceptors (Lipinski definition) is 12. The van der Waals surface area contributed by atoms with Gasteiger partial charge in [-0.15, -0.1) is 0 Å². The molecule has 3 N–H and O–H groups in total. The molecule has 9 rings (SSSR count). The van der Waals surface area contributed by atoms with Crippen molar-refractivity contribution < 1.29 is 48.3 Å². The van der Waals surface area contributed by atoms with Gasteiger partial charge in [0.1, 0.15) is 11.2 Å². The van der Waals surface area contributed by atoms with Gasteiger partial charge in [0.25, 0.3) is 0 Å². The molecule has 354 valence electrons. The zero-order valence-corrected chi connectivity index (χ0v) is 38.6. The number of rotatable bonds is 9. The summed E-state index contributed by atoms with van der Waals surface area (Å²) >= 11 is 0. The van der Waals surface area contributed by atoms with Gasteiger partial charge in [-0.25, -0.2) is 4.79 Å². The summed E-state index contributed by atoms with van der Waals surface area (Å²) in [6.07, 6.45) is 7.98. The van der Waals surface area contributed by atoms with Crippen LogP contribution in [0.2, 0.25) is 0 Å². The SMILES string of the molecule is C.CCCCC#Cc1ccc2[nH]c3c(c2c1)CCN1C[C@H](C[C@](C)(O)C1)C[C@]3(C(=O)OC)c1cc2c(cc1OC)N(C=O)[C@H]1[C@@](O)(C(=O)OC)[C@H](OC(C)=O)[C@]3(CC)C=CCN4CC[C@]21[C@@H]43. The second-order valence-electron chi connectivity index (χ2n) is 19.6. The molecule has 3 fully saturated rings. The number of unbranched alkanes of at least 4 members (excludes halogenated alkanes) is 2. The predicted molar refractivity (Wildman–Crippen MR) is 249 cm³/mol. The number of fused-ring (bicyclic) bond motifs is 6. The molecule has 5 aliphatic heterocycles. The van der Waals surface area contributed by atoms with E-state index in [0.29, 0.717) is 93.1 Å². The van der Waals surface area contributed by atoms with Crippen LogP contribution < -0.4 is 9.64 Å². The third kappa shape index (κ3) is 6.66. The molecule has 1 aliphatic carbocycles. The Kier molecular flexibility index (Phi) is 12.3. The Morgan fingerprint density at radius 1 is 1.00 bits per heavy atom. The largest absolute Gasteiger partial charge is 0.496 e. The van der Waals surface area contributed by atoms with E-state index in [-0.39, 0.29) is 19.8 Å². The van der Waals surface area contributed by atoms with E-state index < -0.39 is 63.5 Å². The van der Waals surface area contributed by atoms with E-state index in [1.807, 2.05) is 44.2 Å². The molecular formula is C52H66N4O10. The number of piperidine rings is 1. The number of aliphatic hydroxyl groups is 2. The van der Waals surface area contributed by atoms with Gasteiger partial charge in [0, 0.05) is 90.2 Å². The van der Waals surface area contributed by atoms with E-state index in [0.717, 1.165) is 41.3 Å². The van der Waals surface area contributed by atoms with Gasteiger partial charge in [-0.1, -0.05) is 51.7 Å². The van der Waals surface area contributed by atoms with Crippen LogP contribution in [0.25, 0.3) is 10.9 Å².